The van der Waals surface area contributed by atoms with E-state index >= 15 is 0 Å². The number of nitrogens with zero attached hydrogens (tertiary/aromatic N) is 2. The van der Waals surface area contributed by atoms with Crippen molar-refractivity contribution in [3.8, 4) is 16.9 Å². The molecule has 1 unspecified atom stereocenters. The van der Waals surface area contributed by atoms with Gasteiger partial charge in [-0.05, 0) is 59.4 Å². The van der Waals surface area contributed by atoms with Crippen molar-refractivity contribution in [1.82, 2.24) is 15.3 Å². The van der Waals surface area contributed by atoms with Crippen LogP contribution in [0, 0.1) is 0 Å². The van der Waals surface area contributed by atoms with E-state index in [1.807, 2.05) is 30.5 Å². The van der Waals surface area contributed by atoms with Crippen LogP contribution in [0.4, 0.5) is 0 Å². The van der Waals surface area contributed by atoms with E-state index < -0.39 is 0 Å². The highest BCUT2D eigenvalue weighted by atomic mass is 16.5. The summed E-state index contributed by atoms with van der Waals surface area (Å²) in [4.78, 5) is 20.0. The Morgan fingerprint density at radius 3 is 2.74 bits per heavy atom. The number of rotatable bonds is 7. The van der Waals surface area contributed by atoms with Gasteiger partial charge < -0.3 is 10.1 Å². The summed E-state index contributed by atoms with van der Waals surface area (Å²) in [5, 5.41) is 3.84. The molecule has 3 rings (SSSR count). The smallest absolute Gasteiger partial charge is 0.243 e. The molecule has 0 aliphatic heterocycles. The Hall–Kier alpha value is -3.21. The normalized spacial score (nSPS) is 11.8. The molecule has 0 saturated carbocycles. The van der Waals surface area contributed by atoms with E-state index in [-0.39, 0.29) is 11.8 Å². The van der Waals surface area contributed by atoms with Crippen LogP contribution in [0.1, 0.15) is 24.8 Å². The van der Waals surface area contributed by atoms with Crippen molar-refractivity contribution >= 4 is 16.8 Å². The van der Waals surface area contributed by atoms with Crippen molar-refractivity contribution in [2.45, 2.75) is 19.3 Å². The Balaban J connectivity index is 1.94. The summed E-state index contributed by atoms with van der Waals surface area (Å²) in [6, 6.07) is 12.3. The molecule has 0 aliphatic rings. The van der Waals surface area contributed by atoms with Crippen LogP contribution in [0.15, 0.2) is 61.6 Å². The summed E-state index contributed by atoms with van der Waals surface area (Å²) < 4.78 is 5.25. The first-order chi connectivity index (χ1) is 13.1. The zero-order valence-electron chi connectivity index (χ0n) is 15.6. The van der Waals surface area contributed by atoms with Crippen LogP contribution in [0.2, 0.25) is 0 Å². The number of benzene rings is 2. The first-order valence-corrected chi connectivity index (χ1v) is 8.90. The molecule has 1 aromatic heterocycles. The molecule has 3 aromatic rings. The fraction of sp³-hybridized carbons (Fsp3) is 0.227. The molecule has 138 valence electrons. The predicted octanol–water partition coefficient (Wildman–Crippen LogP) is 4.10. The summed E-state index contributed by atoms with van der Waals surface area (Å²) in [5.74, 6) is 0.904. The van der Waals surface area contributed by atoms with E-state index in [0.717, 1.165) is 39.8 Å². The lowest BCUT2D eigenvalue weighted by atomic mass is 9.91. The summed E-state index contributed by atoms with van der Waals surface area (Å²) in [6.07, 6.45) is 5.51. The summed E-state index contributed by atoms with van der Waals surface area (Å²) in [7, 11) is 1.66. The van der Waals surface area contributed by atoms with E-state index in [4.69, 9.17) is 4.74 Å². The molecule has 1 atom stereocenters. The third kappa shape index (κ3) is 4.31. The van der Waals surface area contributed by atoms with Gasteiger partial charge in [0.25, 0.3) is 0 Å². The minimum Gasteiger partial charge on any atom is -0.497 e. The zero-order chi connectivity index (χ0) is 19.2. The molecule has 1 amide bonds. The molecule has 0 spiro atoms. The van der Waals surface area contributed by atoms with Gasteiger partial charge in [-0.25, -0.2) is 9.97 Å². The van der Waals surface area contributed by atoms with E-state index in [1.54, 1.807) is 13.4 Å². The van der Waals surface area contributed by atoms with Gasteiger partial charge in [0.1, 0.15) is 12.1 Å². The first-order valence-electron chi connectivity index (χ1n) is 8.90. The van der Waals surface area contributed by atoms with Crippen molar-refractivity contribution in [1.29, 1.82) is 0 Å². The molecule has 0 bridgehead atoms. The fourth-order valence-corrected chi connectivity index (χ4v) is 3.10. The third-order valence-electron chi connectivity index (χ3n) is 4.65. The molecular formula is C22H23N3O2. The van der Waals surface area contributed by atoms with Crippen LogP contribution in [0.25, 0.3) is 22.0 Å². The second-order valence-electron chi connectivity index (χ2n) is 6.44. The molecule has 1 N–H and O–H groups in total. The van der Waals surface area contributed by atoms with E-state index in [0.29, 0.717) is 6.54 Å². The maximum atomic E-state index is 11.4. The lowest BCUT2D eigenvalue weighted by Gasteiger charge is -2.16. The quantitative estimate of drug-likeness (QED) is 0.644. The minimum atomic E-state index is -0.152. The van der Waals surface area contributed by atoms with Crippen LogP contribution >= 0.6 is 0 Å². The van der Waals surface area contributed by atoms with Gasteiger partial charge in [0.2, 0.25) is 5.91 Å². The van der Waals surface area contributed by atoms with E-state index in [9.17, 15) is 4.79 Å². The van der Waals surface area contributed by atoms with Gasteiger partial charge in [-0.15, -0.1) is 0 Å². The Labute approximate surface area is 159 Å². The maximum absolute atomic E-state index is 11.4. The first kappa shape index (κ1) is 18.6. The molecule has 1 heterocycles. The Morgan fingerprint density at radius 2 is 2.04 bits per heavy atom. The summed E-state index contributed by atoms with van der Waals surface area (Å²) >= 11 is 0. The van der Waals surface area contributed by atoms with E-state index in [2.05, 4.69) is 40.9 Å². The molecule has 0 radical (unpaired) electrons. The molecular weight excluding hydrogens is 338 g/mol. The topological polar surface area (TPSA) is 64.1 Å². The monoisotopic (exact) mass is 361 g/mol. The van der Waals surface area contributed by atoms with Crippen molar-refractivity contribution in [2.75, 3.05) is 13.7 Å². The van der Waals surface area contributed by atoms with Crippen molar-refractivity contribution < 1.29 is 9.53 Å². The standard InChI is InChI=1S/C22H23N3O2/c1-4-21(26)24-10-9-15(2)20-12-17(11-18-13-23-14-25-22(18)20)16-5-7-19(27-3)8-6-16/h4-8,11-15H,1,9-10H2,2-3H3,(H,24,26). The van der Waals surface area contributed by atoms with Gasteiger partial charge in [-0.1, -0.05) is 25.6 Å². The van der Waals surface area contributed by atoms with Crippen LogP contribution in [-0.4, -0.2) is 29.5 Å². The second kappa shape index (κ2) is 8.45. The van der Waals surface area contributed by atoms with Crippen LogP contribution in [0.5, 0.6) is 5.75 Å². The van der Waals surface area contributed by atoms with Crippen LogP contribution in [0.3, 0.4) is 0 Å². The molecule has 27 heavy (non-hydrogen) atoms. The zero-order valence-corrected chi connectivity index (χ0v) is 15.6. The number of aromatic nitrogens is 2. The molecule has 0 saturated heterocycles. The predicted molar refractivity (Wildman–Crippen MR) is 108 cm³/mol. The van der Waals surface area contributed by atoms with Gasteiger partial charge in [-0.2, -0.15) is 0 Å². The lowest BCUT2D eigenvalue weighted by molar-refractivity contribution is -0.116. The average Bonchev–Trinajstić information content (AvgIpc) is 2.72. The third-order valence-corrected chi connectivity index (χ3v) is 4.65. The number of nitrogens with one attached hydrogen (secondary N) is 1. The minimum absolute atomic E-state index is 0.152. The molecule has 0 aliphatic carbocycles. The van der Waals surface area contributed by atoms with Gasteiger partial charge in [0, 0.05) is 18.1 Å². The van der Waals surface area contributed by atoms with Crippen LogP contribution in [-0.2, 0) is 4.79 Å². The van der Waals surface area contributed by atoms with Crippen molar-refractivity contribution in [3.05, 3.63) is 67.1 Å². The highest BCUT2D eigenvalue weighted by Gasteiger charge is 2.14. The Bertz CT molecular complexity index is 951. The van der Waals surface area contributed by atoms with Gasteiger partial charge in [0.05, 0.1) is 12.6 Å². The Morgan fingerprint density at radius 1 is 1.26 bits per heavy atom. The Kier molecular flexibility index (Phi) is 5.81. The summed E-state index contributed by atoms with van der Waals surface area (Å²) in [5.41, 5.74) is 4.31. The lowest BCUT2D eigenvalue weighted by Crippen LogP contribution is -2.23. The van der Waals surface area contributed by atoms with Crippen molar-refractivity contribution in [2.24, 2.45) is 0 Å². The van der Waals surface area contributed by atoms with Gasteiger partial charge in [0.15, 0.2) is 0 Å². The number of hydrogen-bond donors (Lipinski definition) is 1. The number of fused-ring (bicyclic) bond motifs is 1. The molecule has 2 aromatic carbocycles. The number of ether oxygens (including phenoxy) is 1. The highest BCUT2D eigenvalue weighted by molar-refractivity contribution is 5.88. The van der Waals surface area contributed by atoms with Gasteiger partial charge >= 0.3 is 0 Å². The number of hydrogen-bond acceptors (Lipinski definition) is 4. The molecule has 0 fully saturated rings. The van der Waals surface area contributed by atoms with Crippen molar-refractivity contribution in [3.63, 3.8) is 0 Å². The summed E-state index contributed by atoms with van der Waals surface area (Å²) in [6.45, 7) is 6.21. The SMILES string of the molecule is C=CC(=O)NCCC(C)c1cc(-c2ccc(OC)cc2)cc2cncnc12. The number of methoxy groups -OCH3 is 1. The van der Waals surface area contributed by atoms with Gasteiger partial charge in [-0.3, -0.25) is 4.79 Å². The maximum Gasteiger partial charge on any atom is 0.243 e. The fourth-order valence-electron chi connectivity index (χ4n) is 3.10. The second-order valence-corrected chi connectivity index (χ2v) is 6.44. The van der Waals surface area contributed by atoms with Crippen LogP contribution < -0.4 is 10.1 Å². The average molecular weight is 361 g/mol. The highest BCUT2D eigenvalue weighted by Crippen LogP contribution is 2.32. The number of amides is 1. The largest absolute Gasteiger partial charge is 0.497 e. The number of carbonyl (C=O) groups excluding carboxylic acids is 1. The van der Waals surface area contributed by atoms with E-state index in [1.165, 1.54) is 6.08 Å². The molecule has 5 nitrogen and oxygen atoms in total. The molecule has 5 heteroatoms. The number of carbonyl (C=O) groups is 1.